The van der Waals surface area contributed by atoms with Crippen LogP contribution in [0.3, 0.4) is 0 Å². The lowest BCUT2D eigenvalue weighted by Gasteiger charge is -2.08. The number of rotatable bonds is 3. The van der Waals surface area contributed by atoms with Crippen molar-refractivity contribution in [3.63, 3.8) is 0 Å². The highest BCUT2D eigenvalue weighted by molar-refractivity contribution is 5.96. The van der Waals surface area contributed by atoms with E-state index in [2.05, 4.69) is 0 Å². The first-order valence-corrected chi connectivity index (χ1v) is 5.37. The number of benzene rings is 1. The Kier molecular flexibility index (Phi) is 4.26. The van der Waals surface area contributed by atoms with E-state index in [-0.39, 0.29) is 11.7 Å². The summed E-state index contributed by atoms with van der Waals surface area (Å²) in [7, 11) is 0. The summed E-state index contributed by atoms with van der Waals surface area (Å²) in [6.45, 7) is 5.53. The maximum atomic E-state index is 13.0. The van der Waals surface area contributed by atoms with Gasteiger partial charge in [0, 0.05) is 5.57 Å². The predicted octanol–water partition coefficient (Wildman–Crippen LogP) is 2.76. The van der Waals surface area contributed by atoms with Gasteiger partial charge in [0.2, 0.25) is 0 Å². The summed E-state index contributed by atoms with van der Waals surface area (Å²) in [4.78, 5) is 11.5. The molecule has 17 heavy (non-hydrogen) atoms. The Balaban J connectivity index is 3.09. The Hall–Kier alpha value is -1.84. The summed E-state index contributed by atoms with van der Waals surface area (Å²) in [5.41, 5.74) is 7.49. The second kappa shape index (κ2) is 5.48. The van der Waals surface area contributed by atoms with Gasteiger partial charge >= 0.3 is 5.97 Å². The minimum absolute atomic E-state index is 0.0681. The SMILES string of the molecule is CCOC(=O)/C(C)=C(/C)c1ccc(F)c(N)c1. The van der Waals surface area contributed by atoms with Gasteiger partial charge in [-0.15, -0.1) is 0 Å². The van der Waals surface area contributed by atoms with Gasteiger partial charge in [-0.2, -0.15) is 0 Å². The zero-order valence-electron chi connectivity index (χ0n) is 10.2. The quantitative estimate of drug-likeness (QED) is 0.499. The minimum atomic E-state index is -0.463. The van der Waals surface area contributed by atoms with E-state index in [1.165, 1.54) is 12.1 Å². The molecule has 0 aliphatic rings. The van der Waals surface area contributed by atoms with Crippen molar-refractivity contribution in [2.45, 2.75) is 20.8 Å². The molecule has 0 aliphatic heterocycles. The average Bonchev–Trinajstić information content (AvgIpc) is 2.31. The van der Waals surface area contributed by atoms with E-state index < -0.39 is 5.82 Å². The molecule has 0 aromatic heterocycles. The van der Waals surface area contributed by atoms with Crippen molar-refractivity contribution < 1.29 is 13.9 Å². The fourth-order valence-electron chi connectivity index (χ4n) is 1.39. The molecule has 0 saturated carbocycles. The molecular formula is C13H16FNO2. The van der Waals surface area contributed by atoms with Crippen molar-refractivity contribution in [2.75, 3.05) is 12.3 Å². The Bertz CT molecular complexity index is 466. The molecule has 0 radical (unpaired) electrons. The fraction of sp³-hybridized carbons (Fsp3) is 0.308. The van der Waals surface area contributed by atoms with Gasteiger partial charge in [-0.25, -0.2) is 9.18 Å². The number of halogens is 1. The highest BCUT2D eigenvalue weighted by Crippen LogP contribution is 2.22. The summed E-state index contributed by atoms with van der Waals surface area (Å²) in [6.07, 6.45) is 0. The van der Waals surface area contributed by atoms with Crippen LogP contribution < -0.4 is 5.73 Å². The first-order chi connectivity index (χ1) is 7.97. The highest BCUT2D eigenvalue weighted by atomic mass is 19.1. The van der Waals surface area contributed by atoms with Crippen LogP contribution in [0.2, 0.25) is 0 Å². The van der Waals surface area contributed by atoms with Crippen LogP contribution in [0, 0.1) is 5.82 Å². The molecule has 1 aromatic carbocycles. The third kappa shape index (κ3) is 3.06. The maximum absolute atomic E-state index is 13.0. The highest BCUT2D eigenvalue weighted by Gasteiger charge is 2.11. The van der Waals surface area contributed by atoms with Gasteiger partial charge in [0.1, 0.15) is 5.82 Å². The Labute approximate surface area is 100 Å². The summed E-state index contributed by atoms with van der Waals surface area (Å²) < 4.78 is 17.9. The smallest absolute Gasteiger partial charge is 0.333 e. The van der Waals surface area contributed by atoms with Crippen LogP contribution in [-0.4, -0.2) is 12.6 Å². The monoisotopic (exact) mass is 237 g/mol. The first-order valence-electron chi connectivity index (χ1n) is 5.37. The van der Waals surface area contributed by atoms with E-state index in [1.807, 2.05) is 0 Å². The zero-order chi connectivity index (χ0) is 13.0. The van der Waals surface area contributed by atoms with E-state index in [9.17, 15) is 9.18 Å². The van der Waals surface area contributed by atoms with Gasteiger partial charge in [-0.05, 0) is 44.0 Å². The van der Waals surface area contributed by atoms with Crippen molar-refractivity contribution >= 4 is 17.2 Å². The number of carbonyl (C=O) groups excluding carboxylic acids is 1. The third-order valence-corrected chi connectivity index (χ3v) is 2.57. The van der Waals surface area contributed by atoms with Crippen LogP contribution in [0.4, 0.5) is 10.1 Å². The second-order valence-corrected chi connectivity index (χ2v) is 3.71. The van der Waals surface area contributed by atoms with Crippen molar-refractivity contribution in [2.24, 2.45) is 0 Å². The van der Waals surface area contributed by atoms with Crippen LogP contribution in [0.25, 0.3) is 5.57 Å². The van der Waals surface area contributed by atoms with Gasteiger partial charge < -0.3 is 10.5 Å². The van der Waals surface area contributed by atoms with Crippen molar-refractivity contribution in [1.29, 1.82) is 0 Å². The summed E-state index contributed by atoms with van der Waals surface area (Å²) in [5.74, 6) is -0.830. The summed E-state index contributed by atoms with van der Waals surface area (Å²) >= 11 is 0. The topological polar surface area (TPSA) is 52.3 Å². The average molecular weight is 237 g/mol. The molecule has 0 atom stereocenters. The molecule has 0 unspecified atom stereocenters. The number of esters is 1. The third-order valence-electron chi connectivity index (χ3n) is 2.57. The largest absolute Gasteiger partial charge is 0.463 e. The number of hydrogen-bond donors (Lipinski definition) is 1. The fourth-order valence-corrected chi connectivity index (χ4v) is 1.39. The van der Waals surface area contributed by atoms with E-state index >= 15 is 0 Å². The lowest BCUT2D eigenvalue weighted by Crippen LogP contribution is -2.07. The van der Waals surface area contributed by atoms with Crippen LogP contribution in [0.1, 0.15) is 26.3 Å². The van der Waals surface area contributed by atoms with Gasteiger partial charge in [0.05, 0.1) is 12.3 Å². The van der Waals surface area contributed by atoms with E-state index in [1.54, 1.807) is 26.8 Å². The van der Waals surface area contributed by atoms with Crippen LogP contribution in [0.5, 0.6) is 0 Å². The number of nitrogen functional groups attached to an aromatic ring is 1. The summed E-state index contributed by atoms with van der Waals surface area (Å²) in [5, 5.41) is 0. The molecule has 0 saturated heterocycles. The Morgan fingerprint density at radius 3 is 2.59 bits per heavy atom. The number of hydrogen-bond acceptors (Lipinski definition) is 3. The molecule has 0 spiro atoms. The number of carbonyl (C=O) groups is 1. The van der Waals surface area contributed by atoms with Crippen molar-refractivity contribution in [3.05, 3.63) is 35.2 Å². The van der Waals surface area contributed by atoms with Gasteiger partial charge in [-0.1, -0.05) is 6.07 Å². The summed E-state index contributed by atoms with van der Waals surface area (Å²) in [6, 6.07) is 4.38. The maximum Gasteiger partial charge on any atom is 0.333 e. The van der Waals surface area contributed by atoms with Crippen molar-refractivity contribution in [1.82, 2.24) is 0 Å². The van der Waals surface area contributed by atoms with Crippen LogP contribution in [0.15, 0.2) is 23.8 Å². The lowest BCUT2D eigenvalue weighted by atomic mass is 10.0. The molecule has 0 amide bonds. The predicted molar refractivity (Wildman–Crippen MR) is 65.7 cm³/mol. The standard InChI is InChI=1S/C13H16FNO2/c1-4-17-13(16)9(3)8(2)10-5-6-11(14)12(15)7-10/h5-7H,4,15H2,1-3H3/b9-8-. The van der Waals surface area contributed by atoms with Crippen LogP contribution in [-0.2, 0) is 9.53 Å². The van der Waals surface area contributed by atoms with E-state index in [0.717, 1.165) is 11.1 Å². The van der Waals surface area contributed by atoms with Gasteiger partial charge in [-0.3, -0.25) is 0 Å². The molecule has 0 heterocycles. The molecular weight excluding hydrogens is 221 g/mol. The molecule has 2 N–H and O–H groups in total. The molecule has 3 nitrogen and oxygen atoms in total. The Morgan fingerprint density at radius 1 is 1.41 bits per heavy atom. The molecule has 1 rings (SSSR count). The molecule has 0 fully saturated rings. The number of nitrogens with two attached hydrogens (primary N) is 1. The van der Waals surface area contributed by atoms with Crippen LogP contribution >= 0.6 is 0 Å². The normalized spacial score (nSPS) is 12.0. The Morgan fingerprint density at radius 2 is 2.06 bits per heavy atom. The molecule has 4 heteroatoms. The van der Waals surface area contributed by atoms with E-state index in [0.29, 0.717) is 12.2 Å². The lowest BCUT2D eigenvalue weighted by molar-refractivity contribution is -0.138. The number of anilines is 1. The molecule has 1 aromatic rings. The molecule has 0 bridgehead atoms. The number of ether oxygens (including phenoxy) is 1. The van der Waals surface area contributed by atoms with E-state index in [4.69, 9.17) is 10.5 Å². The minimum Gasteiger partial charge on any atom is -0.463 e. The van der Waals surface area contributed by atoms with Gasteiger partial charge in [0.15, 0.2) is 0 Å². The van der Waals surface area contributed by atoms with Crippen molar-refractivity contribution in [3.8, 4) is 0 Å². The van der Waals surface area contributed by atoms with Gasteiger partial charge in [0.25, 0.3) is 0 Å². The second-order valence-electron chi connectivity index (χ2n) is 3.71. The molecule has 92 valence electrons. The first kappa shape index (κ1) is 13.2. The molecule has 0 aliphatic carbocycles. The zero-order valence-corrected chi connectivity index (χ0v) is 10.2. The number of allylic oxidation sites excluding steroid dienone is 1.